The van der Waals surface area contributed by atoms with Crippen molar-refractivity contribution in [3.05, 3.63) is 94.5 Å². The van der Waals surface area contributed by atoms with Crippen molar-refractivity contribution in [1.82, 2.24) is 4.57 Å². The van der Waals surface area contributed by atoms with Gasteiger partial charge in [0.15, 0.2) is 0 Å². The van der Waals surface area contributed by atoms with Gasteiger partial charge in [-0.15, -0.1) is 0 Å². The molecule has 33 heavy (non-hydrogen) atoms. The number of sulfone groups is 1. The number of hydrogen-bond donors (Lipinski definition) is 0. The number of fused-ring (bicyclic) bond motifs is 1. The summed E-state index contributed by atoms with van der Waals surface area (Å²) in [6.07, 6.45) is 1.34. The van der Waals surface area contributed by atoms with Crippen molar-refractivity contribution >= 4 is 20.7 Å². The van der Waals surface area contributed by atoms with Crippen molar-refractivity contribution in [2.45, 2.75) is 23.3 Å². The van der Waals surface area contributed by atoms with Crippen LogP contribution < -0.4 is 14.9 Å². The lowest BCUT2D eigenvalue weighted by Gasteiger charge is -2.15. The Morgan fingerprint density at radius 3 is 2.24 bits per heavy atom. The van der Waals surface area contributed by atoms with E-state index in [1.807, 2.05) is 31.2 Å². The van der Waals surface area contributed by atoms with E-state index in [1.54, 1.807) is 29.9 Å². The molecule has 0 amide bonds. The van der Waals surface area contributed by atoms with E-state index in [2.05, 4.69) is 0 Å². The molecule has 0 bridgehead atoms. The number of ether oxygens (including phenoxy) is 2. The fourth-order valence-electron chi connectivity index (χ4n) is 3.60. The van der Waals surface area contributed by atoms with Crippen molar-refractivity contribution in [3.63, 3.8) is 0 Å². The molecule has 6 nitrogen and oxygen atoms in total. The molecular formula is C25H22FNO5S. The molecule has 3 aromatic carbocycles. The Morgan fingerprint density at radius 1 is 0.939 bits per heavy atom. The zero-order valence-electron chi connectivity index (χ0n) is 18.1. The van der Waals surface area contributed by atoms with Crippen LogP contribution >= 0.6 is 0 Å². The zero-order chi connectivity index (χ0) is 23.6. The Bertz CT molecular complexity index is 1460. The van der Waals surface area contributed by atoms with E-state index in [9.17, 15) is 17.6 Å². The number of pyridine rings is 1. The number of benzene rings is 3. The maximum Gasteiger partial charge on any atom is 0.211 e. The molecule has 0 N–H and O–H groups in total. The smallest absolute Gasteiger partial charge is 0.211 e. The second-order valence-corrected chi connectivity index (χ2v) is 9.29. The summed E-state index contributed by atoms with van der Waals surface area (Å²) >= 11 is 0. The highest BCUT2D eigenvalue weighted by molar-refractivity contribution is 7.91. The van der Waals surface area contributed by atoms with Crippen LogP contribution in [-0.4, -0.2) is 26.7 Å². The topological polar surface area (TPSA) is 74.6 Å². The highest BCUT2D eigenvalue weighted by Crippen LogP contribution is 2.25. The molecule has 8 heteroatoms. The minimum atomic E-state index is -4.19. The van der Waals surface area contributed by atoms with Crippen molar-refractivity contribution in [2.24, 2.45) is 0 Å². The predicted octanol–water partition coefficient (Wildman–Crippen LogP) is 4.43. The molecule has 0 aliphatic carbocycles. The van der Waals surface area contributed by atoms with Gasteiger partial charge in [-0.1, -0.05) is 12.1 Å². The summed E-state index contributed by atoms with van der Waals surface area (Å²) < 4.78 is 52.4. The highest BCUT2D eigenvalue weighted by Gasteiger charge is 2.24. The lowest BCUT2D eigenvalue weighted by atomic mass is 10.1. The summed E-state index contributed by atoms with van der Waals surface area (Å²) in [7, 11) is -2.61. The average Bonchev–Trinajstić information content (AvgIpc) is 2.82. The van der Waals surface area contributed by atoms with Gasteiger partial charge in [0.25, 0.3) is 0 Å². The van der Waals surface area contributed by atoms with Gasteiger partial charge in [0.1, 0.15) is 22.2 Å². The van der Waals surface area contributed by atoms with Crippen molar-refractivity contribution in [2.75, 3.05) is 13.7 Å². The van der Waals surface area contributed by atoms with Gasteiger partial charge in [0.2, 0.25) is 15.3 Å². The van der Waals surface area contributed by atoms with Crippen molar-refractivity contribution in [1.29, 1.82) is 0 Å². The molecule has 0 fully saturated rings. The minimum Gasteiger partial charge on any atom is -0.497 e. The fourth-order valence-corrected chi connectivity index (χ4v) is 4.97. The van der Waals surface area contributed by atoms with E-state index in [1.165, 1.54) is 6.20 Å². The molecule has 4 aromatic rings. The molecule has 1 heterocycles. The van der Waals surface area contributed by atoms with Gasteiger partial charge in [-0.05, 0) is 67.1 Å². The fraction of sp³-hybridized carbons (Fsp3) is 0.160. The first-order valence-corrected chi connectivity index (χ1v) is 11.8. The molecule has 0 aliphatic rings. The van der Waals surface area contributed by atoms with Crippen LogP contribution in [0.15, 0.2) is 87.5 Å². The normalized spacial score (nSPS) is 11.5. The lowest BCUT2D eigenvalue weighted by molar-refractivity contribution is 0.340. The van der Waals surface area contributed by atoms with E-state index in [4.69, 9.17) is 9.47 Å². The Kier molecular flexibility index (Phi) is 6.20. The molecule has 0 saturated heterocycles. The third-order valence-corrected chi connectivity index (χ3v) is 7.02. The summed E-state index contributed by atoms with van der Waals surface area (Å²) in [4.78, 5) is 12.8. The van der Waals surface area contributed by atoms with Gasteiger partial charge < -0.3 is 14.0 Å². The molecule has 1 aromatic heterocycles. The van der Waals surface area contributed by atoms with E-state index in [0.717, 1.165) is 29.8 Å². The second kappa shape index (κ2) is 9.07. The first-order chi connectivity index (χ1) is 15.8. The molecule has 0 unspecified atom stereocenters. The zero-order valence-corrected chi connectivity index (χ0v) is 18.9. The average molecular weight is 468 g/mol. The SMILES string of the molecule is CCOc1ccc2c(c1)c(=O)c(S(=O)(=O)c1ccc(F)cc1)cn2Cc1ccc(OC)cc1. The van der Waals surface area contributed by atoms with Crippen LogP contribution in [-0.2, 0) is 16.4 Å². The maximum absolute atomic E-state index is 13.4. The third-order valence-electron chi connectivity index (χ3n) is 5.26. The van der Waals surface area contributed by atoms with Gasteiger partial charge in [-0.3, -0.25) is 4.79 Å². The summed E-state index contributed by atoms with van der Waals surface area (Å²) in [5, 5.41) is 0.220. The van der Waals surface area contributed by atoms with E-state index in [-0.39, 0.29) is 15.2 Å². The van der Waals surface area contributed by atoms with Crippen LogP contribution in [0.2, 0.25) is 0 Å². The van der Waals surface area contributed by atoms with Crippen LogP contribution in [0.3, 0.4) is 0 Å². The van der Waals surface area contributed by atoms with E-state index < -0.39 is 21.1 Å². The van der Waals surface area contributed by atoms with Gasteiger partial charge in [0, 0.05) is 12.7 Å². The van der Waals surface area contributed by atoms with Gasteiger partial charge in [-0.25, -0.2) is 12.8 Å². The van der Waals surface area contributed by atoms with Crippen molar-refractivity contribution < 1.29 is 22.3 Å². The van der Waals surface area contributed by atoms with Crippen LogP contribution in [0.5, 0.6) is 11.5 Å². The van der Waals surface area contributed by atoms with Crippen LogP contribution in [0, 0.1) is 5.82 Å². The maximum atomic E-state index is 13.4. The Labute approximate surface area is 190 Å². The monoisotopic (exact) mass is 467 g/mol. The molecule has 170 valence electrons. The van der Waals surface area contributed by atoms with Gasteiger partial charge in [-0.2, -0.15) is 0 Å². The van der Waals surface area contributed by atoms with E-state index >= 15 is 0 Å². The quantitative estimate of drug-likeness (QED) is 0.376. The van der Waals surface area contributed by atoms with Gasteiger partial charge in [0.05, 0.1) is 29.5 Å². The summed E-state index contributed by atoms with van der Waals surface area (Å²) in [6, 6.07) is 16.8. The lowest BCUT2D eigenvalue weighted by Crippen LogP contribution is -2.20. The van der Waals surface area contributed by atoms with E-state index in [0.29, 0.717) is 30.2 Å². The van der Waals surface area contributed by atoms with Crippen molar-refractivity contribution in [3.8, 4) is 11.5 Å². The Hall–Kier alpha value is -3.65. The number of hydrogen-bond acceptors (Lipinski definition) is 5. The van der Waals surface area contributed by atoms with Crippen LogP contribution in [0.4, 0.5) is 4.39 Å². The molecule has 0 saturated carbocycles. The summed E-state index contributed by atoms with van der Waals surface area (Å²) in [6.45, 7) is 2.54. The molecule has 4 rings (SSSR count). The molecule has 0 radical (unpaired) electrons. The standard InChI is InChI=1S/C25H22FNO5S/c1-3-32-20-10-13-23-22(14-20)25(28)24(33(29,30)21-11-6-18(26)7-12-21)16-27(23)15-17-4-8-19(31-2)9-5-17/h4-14,16H,3,15H2,1-2H3. The largest absolute Gasteiger partial charge is 0.497 e. The number of methoxy groups -OCH3 is 1. The Balaban J connectivity index is 1.93. The first kappa shape index (κ1) is 22.5. The number of nitrogens with zero attached hydrogens (tertiary/aromatic N) is 1. The van der Waals surface area contributed by atoms with Gasteiger partial charge >= 0.3 is 0 Å². The second-order valence-electron chi connectivity index (χ2n) is 7.37. The Morgan fingerprint density at radius 2 is 1.61 bits per heavy atom. The third kappa shape index (κ3) is 4.47. The number of aromatic nitrogens is 1. The van der Waals surface area contributed by atoms with Crippen LogP contribution in [0.25, 0.3) is 10.9 Å². The minimum absolute atomic E-state index is 0.155. The van der Waals surface area contributed by atoms with Crippen LogP contribution in [0.1, 0.15) is 12.5 Å². The molecule has 0 spiro atoms. The first-order valence-electron chi connectivity index (χ1n) is 10.3. The molecular weight excluding hydrogens is 445 g/mol. The highest BCUT2D eigenvalue weighted by atomic mass is 32.2. The summed E-state index contributed by atoms with van der Waals surface area (Å²) in [5.74, 6) is 0.601. The number of halogens is 1. The molecule has 0 atom stereocenters. The number of rotatable bonds is 7. The molecule has 0 aliphatic heterocycles. The summed E-state index contributed by atoms with van der Waals surface area (Å²) in [5.41, 5.74) is 0.818. The predicted molar refractivity (Wildman–Crippen MR) is 123 cm³/mol.